The Kier molecular flexibility index (Phi) is 2.21. The number of nitrogens with one attached hydrogen (secondary N) is 1. The van der Waals surface area contributed by atoms with Gasteiger partial charge in [0.2, 0.25) is 0 Å². The first-order valence-corrected chi connectivity index (χ1v) is 6.54. The molecule has 13 heavy (non-hydrogen) atoms. The molecule has 0 atom stereocenters. The van der Waals surface area contributed by atoms with Gasteiger partial charge in [-0.05, 0) is 0 Å². The van der Waals surface area contributed by atoms with Crippen molar-refractivity contribution in [3.63, 3.8) is 0 Å². The Morgan fingerprint density at radius 3 is 2.85 bits per heavy atom. The summed E-state index contributed by atoms with van der Waals surface area (Å²) in [7, 11) is 0. The SMILES string of the molecule is C[Se]c1c[nH]c2ccccc2c1=O. The van der Waals surface area contributed by atoms with Gasteiger partial charge in [0.05, 0.1) is 0 Å². The van der Waals surface area contributed by atoms with E-state index in [9.17, 15) is 4.79 Å². The quantitative estimate of drug-likeness (QED) is 0.736. The van der Waals surface area contributed by atoms with E-state index in [-0.39, 0.29) is 20.4 Å². The fraction of sp³-hybridized carbons (Fsp3) is 0.100. The summed E-state index contributed by atoms with van der Waals surface area (Å²) in [6.45, 7) is 0. The zero-order valence-corrected chi connectivity index (χ0v) is 8.92. The average molecular weight is 238 g/mol. The van der Waals surface area contributed by atoms with Crippen molar-refractivity contribution in [2.75, 3.05) is 0 Å². The molecular weight excluding hydrogens is 229 g/mol. The molecule has 2 rings (SSSR count). The molecule has 0 radical (unpaired) electrons. The van der Waals surface area contributed by atoms with Crippen LogP contribution in [0.25, 0.3) is 10.9 Å². The molecule has 0 bridgehead atoms. The van der Waals surface area contributed by atoms with Crippen molar-refractivity contribution in [3.05, 3.63) is 40.7 Å². The van der Waals surface area contributed by atoms with Crippen LogP contribution in [0, 0.1) is 0 Å². The van der Waals surface area contributed by atoms with Crippen LogP contribution in [0.2, 0.25) is 5.82 Å². The van der Waals surface area contributed by atoms with Crippen LogP contribution >= 0.6 is 0 Å². The number of fused-ring (bicyclic) bond motifs is 1. The fourth-order valence-corrected chi connectivity index (χ4v) is 2.29. The third-order valence-electron chi connectivity index (χ3n) is 1.97. The molecule has 0 amide bonds. The van der Waals surface area contributed by atoms with Crippen LogP contribution in [-0.4, -0.2) is 19.9 Å². The average Bonchev–Trinajstić information content (AvgIpc) is 2.19. The Balaban J connectivity index is 2.87. The van der Waals surface area contributed by atoms with Gasteiger partial charge in [0, 0.05) is 0 Å². The molecule has 1 N–H and O–H groups in total. The number of para-hydroxylation sites is 1. The van der Waals surface area contributed by atoms with E-state index < -0.39 is 0 Å². The third-order valence-corrected chi connectivity index (χ3v) is 3.53. The minimum atomic E-state index is 0.178. The minimum absolute atomic E-state index is 0.178. The number of H-pyrrole nitrogens is 1. The van der Waals surface area contributed by atoms with Gasteiger partial charge in [-0.25, -0.2) is 0 Å². The number of rotatable bonds is 1. The number of aromatic amines is 1. The number of hydrogen-bond acceptors (Lipinski definition) is 1. The van der Waals surface area contributed by atoms with E-state index in [1.807, 2.05) is 36.3 Å². The van der Waals surface area contributed by atoms with Crippen LogP contribution in [0.15, 0.2) is 35.3 Å². The molecule has 0 aliphatic carbocycles. The van der Waals surface area contributed by atoms with E-state index in [4.69, 9.17) is 0 Å². The van der Waals surface area contributed by atoms with E-state index >= 15 is 0 Å². The molecule has 2 nitrogen and oxygen atoms in total. The summed E-state index contributed by atoms with van der Waals surface area (Å²) in [6, 6.07) is 7.60. The van der Waals surface area contributed by atoms with Crippen LogP contribution in [-0.2, 0) is 0 Å². The van der Waals surface area contributed by atoms with E-state index in [0.29, 0.717) is 0 Å². The Hall–Kier alpha value is -1.05. The van der Waals surface area contributed by atoms with Gasteiger partial charge in [-0.2, -0.15) is 0 Å². The van der Waals surface area contributed by atoms with Crippen LogP contribution < -0.4 is 9.89 Å². The fourth-order valence-electron chi connectivity index (χ4n) is 1.30. The van der Waals surface area contributed by atoms with Gasteiger partial charge in [0.1, 0.15) is 0 Å². The van der Waals surface area contributed by atoms with Gasteiger partial charge in [-0.1, -0.05) is 0 Å². The normalized spacial score (nSPS) is 10.5. The van der Waals surface area contributed by atoms with Gasteiger partial charge in [0.15, 0.2) is 0 Å². The van der Waals surface area contributed by atoms with Crippen LogP contribution in [0.5, 0.6) is 0 Å². The number of aromatic nitrogens is 1. The summed E-state index contributed by atoms with van der Waals surface area (Å²) in [5.74, 6) is 2.05. The summed E-state index contributed by atoms with van der Waals surface area (Å²) in [5, 5.41) is 0.795. The van der Waals surface area contributed by atoms with Gasteiger partial charge in [0.25, 0.3) is 0 Å². The van der Waals surface area contributed by atoms with E-state index in [0.717, 1.165) is 15.4 Å². The van der Waals surface area contributed by atoms with Gasteiger partial charge in [-0.15, -0.1) is 0 Å². The van der Waals surface area contributed by atoms with Crippen LogP contribution in [0.1, 0.15) is 0 Å². The summed E-state index contributed by atoms with van der Waals surface area (Å²) in [6.07, 6.45) is 1.82. The molecule has 1 aromatic carbocycles. The zero-order chi connectivity index (χ0) is 9.26. The Morgan fingerprint density at radius 1 is 1.31 bits per heavy atom. The second-order valence-corrected chi connectivity index (χ2v) is 4.51. The first kappa shape index (κ1) is 8.54. The summed E-state index contributed by atoms with van der Waals surface area (Å²) >= 11 is 0.262. The Labute approximate surface area is 82.1 Å². The predicted molar refractivity (Wildman–Crippen MR) is 55.8 cm³/mol. The molecule has 0 aliphatic heterocycles. The van der Waals surface area contributed by atoms with Gasteiger partial charge >= 0.3 is 81.8 Å². The Morgan fingerprint density at radius 2 is 2.08 bits per heavy atom. The summed E-state index contributed by atoms with van der Waals surface area (Å²) in [4.78, 5) is 14.9. The molecule has 0 saturated heterocycles. The van der Waals surface area contributed by atoms with Gasteiger partial charge < -0.3 is 0 Å². The molecule has 2 aromatic rings. The number of pyridine rings is 1. The molecule has 0 saturated carbocycles. The first-order valence-electron chi connectivity index (χ1n) is 3.97. The number of benzene rings is 1. The third kappa shape index (κ3) is 1.41. The van der Waals surface area contributed by atoms with Crippen molar-refractivity contribution >= 4 is 30.3 Å². The van der Waals surface area contributed by atoms with Crippen molar-refractivity contribution in [2.24, 2.45) is 0 Å². The Bertz CT molecular complexity index is 489. The predicted octanol–water partition coefficient (Wildman–Crippen LogP) is 0.906. The zero-order valence-electron chi connectivity index (χ0n) is 7.20. The standard InChI is InChI=1S/C10H9NOSe/c1-13-9-6-11-8-5-3-2-4-7(8)10(9)12/h2-6H,1H3,(H,11,12). The molecule has 0 fully saturated rings. The molecule has 66 valence electrons. The van der Waals surface area contributed by atoms with Crippen molar-refractivity contribution in [1.82, 2.24) is 4.98 Å². The molecule has 3 heteroatoms. The van der Waals surface area contributed by atoms with E-state index in [2.05, 4.69) is 4.98 Å². The maximum atomic E-state index is 11.8. The second-order valence-electron chi connectivity index (χ2n) is 2.73. The monoisotopic (exact) mass is 239 g/mol. The number of hydrogen-bond donors (Lipinski definition) is 1. The van der Waals surface area contributed by atoms with Crippen molar-refractivity contribution in [1.29, 1.82) is 0 Å². The molecule has 1 aromatic heterocycles. The molecule has 1 heterocycles. The topological polar surface area (TPSA) is 32.9 Å². The maximum absolute atomic E-state index is 11.8. The van der Waals surface area contributed by atoms with Crippen molar-refractivity contribution < 1.29 is 0 Å². The van der Waals surface area contributed by atoms with Gasteiger partial charge in [-0.3, -0.25) is 0 Å². The summed E-state index contributed by atoms with van der Waals surface area (Å²) in [5.41, 5.74) is 1.09. The molecule has 0 unspecified atom stereocenters. The van der Waals surface area contributed by atoms with Crippen molar-refractivity contribution in [2.45, 2.75) is 5.82 Å². The van der Waals surface area contributed by atoms with Crippen molar-refractivity contribution in [3.8, 4) is 0 Å². The molecule has 0 aliphatic rings. The molecule has 0 spiro atoms. The first-order chi connectivity index (χ1) is 6.33. The second kappa shape index (κ2) is 3.36. The summed E-state index contributed by atoms with van der Waals surface area (Å²) < 4.78 is 0.909. The molecular formula is C10H9NOSe. The van der Waals surface area contributed by atoms with E-state index in [1.54, 1.807) is 0 Å². The van der Waals surface area contributed by atoms with E-state index in [1.165, 1.54) is 0 Å². The van der Waals surface area contributed by atoms with Crippen LogP contribution in [0.3, 0.4) is 0 Å². The van der Waals surface area contributed by atoms with Crippen LogP contribution in [0.4, 0.5) is 0 Å².